The zero-order valence-electron chi connectivity index (χ0n) is 7.35. The van der Waals surface area contributed by atoms with E-state index in [9.17, 15) is 4.79 Å². The average Bonchev–Trinajstić information content (AvgIpc) is 1.94. The van der Waals surface area contributed by atoms with Crippen LogP contribution in [0.2, 0.25) is 0 Å². The normalized spacial score (nSPS) is 22.6. The molecule has 0 fully saturated rings. The lowest BCUT2D eigenvalue weighted by Crippen LogP contribution is -2.21. The molecule has 0 bridgehead atoms. The van der Waals surface area contributed by atoms with Gasteiger partial charge in [-0.05, 0) is 24.7 Å². The van der Waals surface area contributed by atoms with Crippen molar-refractivity contribution in [1.82, 2.24) is 0 Å². The van der Waals surface area contributed by atoms with Crippen LogP contribution in [-0.2, 0) is 4.79 Å². The Morgan fingerprint density at radius 2 is 2.17 bits per heavy atom. The molecule has 68 valence electrons. The molecular weight excluding hydrogens is 176 g/mol. The zero-order chi connectivity index (χ0) is 9.35. The second kappa shape index (κ2) is 3.09. The van der Waals surface area contributed by atoms with Crippen LogP contribution in [-0.4, -0.2) is 11.1 Å². The molecule has 0 aromatic rings. The Morgan fingerprint density at radius 3 is 2.58 bits per heavy atom. The van der Waals surface area contributed by atoms with Crippen molar-refractivity contribution in [2.75, 3.05) is 0 Å². The van der Waals surface area contributed by atoms with Gasteiger partial charge in [0.1, 0.15) is 0 Å². The molecule has 0 saturated carbocycles. The molecule has 12 heavy (non-hydrogen) atoms. The summed E-state index contributed by atoms with van der Waals surface area (Å²) in [6.07, 6.45) is 2.26. The van der Waals surface area contributed by atoms with Crippen molar-refractivity contribution >= 4 is 17.6 Å². The van der Waals surface area contributed by atoms with Crippen molar-refractivity contribution < 1.29 is 9.90 Å². The third-order valence-electron chi connectivity index (χ3n) is 2.26. The summed E-state index contributed by atoms with van der Waals surface area (Å²) in [7, 11) is 0. The first kappa shape index (κ1) is 9.59. The summed E-state index contributed by atoms with van der Waals surface area (Å²) in [6.45, 7) is 4.14. The maximum absolute atomic E-state index is 10.7. The van der Waals surface area contributed by atoms with Crippen LogP contribution < -0.4 is 0 Å². The summed E-state index contributed by atoms with van der Waals surface area (Å²) in [5.41, 5.74) is 0.486. The third-order valence-corrected chi connectivity index (χ3v) is 2.68. The van der Waals surface area contributed by atoms with Gasteiger partial charge in [0.15, 0.2) is 0 Å². The first-order valence-electron chi connectivity index (χ1n) is 4.03. The third kappa shape index (κ3) is 2.01. The standard InChI is InChI=1S/C9H13ClO2/c1-9(2)4-3-7(10)6(5-9)8(11)12/h3-5H2,1-2H3,(H,11,12). The maximum Gasteiger partial charge on any atom is 0.332 e. The molecule has 0 aromatic carbocycles. The van der Waals surface area contributed by atoms with Crippen molar-refractivity contribution in [3.8, 4) is 0 Å². The molecular formula is C9H13ClO2. The van der Waals surface area contributed by atoms with E-state index in [1.54, 1.807) is 0 Å². The van der Waals surface area contributed by atoms with E-state index in [1.807, 2.05) is 0 Å². The van der Waals surface area contributed by atoms with Crippen LogP contribution in [0.1, 0.15) is 33.1 Å². The Kier molecular flexibility index (Phi) is 2.47. The van der Waals surface area contributed by atoms with E-state index >= 15 is 0 Å². The van der Waals surface area contributed by atoms with Gasteiger partial charge in [0, 0.05) is 5.03 Å². The minimum absolute atomic E-state index is 0.0894. The molecule has 1 aliphatic rings. The Morgan fingerprint density at radius 1 is 1.58 bits per heavy atom. The molecule has 0 spiro atoms. The van der Waals surface area contributed by atoms with Crippen LogP contribution in [0.3, 0.4) is 0 Å². The number of hydrogen-bond donors (Lipinski definition) is 1. The maximum atomic E-state index is 10.7. The van der Waals surface area contributed by atoms with E-state index < -0.39 is 5.97 Å². The van der Waals surface area contributed by atoms with Gasteiger partial charge >= 0.3 is 5.97 Å². The first-order chi connectivity index (χ1) is 5.42. The van der Waals surface area contributed by atoms with E-state index in [0.717, 1.165) is 6.42 Å². The number of hydrogen-bond acceptors (Lipinski definition) is 1. The molecule has 3 heteroatoms. The van der Waals surface area contributed by atoms with Gasteiger partial charge in [0.2, 0.25) is 0 Å². The number of halogens is 1. The molecule has 0 amide bonds. The summed E-state index contributed by atoms with van der Waals surface area (Å²) < 4.78 is 0. The highest BCUT2D eigenvalue weighted by molar-refractivity contribution is 6.31. The summed E-state index contributed by atoms with van der Waals surface area (Å²) in [6, 6.07) is 0. The van der Waals surface area contributed by atoms with Crippen molar-refractivity contribution in [2.24, 2.45) is 5.41 Å². The van der Waals surface area contributed by atoms with E-state index in [-0.39, 0.29) is 5.41 Å². The Labute approximate surface area is 77.2 Å². The molecule has 1 N–H and O–H groups in total. The number of carboxylic acids is 1. The van der Waals surface area contributed by atoms with E-state index in [0.29, 0.717) is 23.4 Å². The molecule has 0 heterocycles. The highest BCUT2D eigenvalue weighted by Gasteiger charge is 2.29. The molecule has 0 aromatic heterocycles. The van der Waals surface area contributed by atoms with E-state index in [4.69, 9.17) is 16.7 Å². The number of carbonyl (C=O) groups is 1. The van der Waals surface area contributed by atoms with Crippen LogP contribution in [0.5, 0.6) is 0 Å². The SMILES string of the molecule is CC1(C)CCC(Cl)=C(C(=O)O)C1. The minimum Gasteiger partial charge on any atom is -0.478 e. The van der Waals surface area contributed by atoms with Gasteiger partial charge in [-0.3, -0.25) is 0 Å². The highest BCUT2D eigenvalue weighted by Crippen LogP contribution is 2.39. The fourth-order valence-corrected chi connectivity index (χ4v) is 1.70. The molecule has 0 radical (unpaired) electrons. The lowest BCUT2D eigenvalue weighted by Gasteiger charge is -2.29. The fourth-order valence-electron chi connectivity index (χ4n) is 1.45. The Hall–Kier alpha value is -0.500. The predicted octanol–water partition coefficient (Wildman–Crippen LogP) is 2.77. The van der Waals surface area contributed by atoms with E-state index in [2.05, 4.69) is 13.8 Å². The van der Waals surface area contributed by atoms with Crippen molar-refractivity contribution in [3.05, 3.63) is 10.6 Å². The summed E-state index contributed by atoms with van der Waals surface area (Å²) in [5.74, 6) is -0.868. The summed E-state index contributed by atoms with van der Waals surface area (Å²) in [4.78, 5) is 10.7. The number of rotatable bonds is 1. The topological polar surface area (TPSA) is 37.3 Å². The van der Waals surface area contributed by atoms with Crippen molar-refractivity contribution in [3.63, 3.8) is 0 Å². The Bertz CT molecular complexity index is 241. The van der Waals surface area contributed by atoms with Crippen LogP contribution in [0.4, 0.5) is 0 Å². The molecule has 1 rings (SSSR count). The number of aliphatic carboxylic acids is 1. The molecule has 0 atom stereocenters. The van der Waals surface area contributed by atoms with Gasteiger partial charge < -0.3 is 5.11 Å². The zero-order valence-corrected chi connectivity index (χ0v) is 8.11. The molecule has 2 nitrogen and oxygen atoms in total. The first-order valence-corrected chi connectivity index (χ1v) is 4.41. The van der Waals surface area contributed by atoms with E-state index in [1.165, 1.54) is 0 Å². The van der Waals surface area contributed by atoms with Crippen LogP contribution in [0.25, 0.3) is 0 Å². The van der Waals surface area contributed by atoms with Gasteiger partial charge in [-0.1, -0.05) is 25.4 Å². The summed E-state index contributed by atoms with van der Waals surface area (Å²) in [5, 5.41) is 9.33. The van der Waals surface area contributed by atoms with Gasteiger partial charge in [-0.25, -0.2) is 4.79 Å². The molecule has 1 aliphatic carbocycles. The van der Waals surface area contributed by atoms with Crippen LogP contribution in [0, 0.1) is 5.41 Å². The van der Waals surface area contributed by atoms with Crippen LogP contribution >= 0.6 is 11.6 Å². The van der Waals surface area contributed by atoms with Crippen molar-refractivity contribution in [1.29, 1.82) is 0 Å². The highest BCUT2D eigenvalue weighted by atomic mass is 35.5. The van der Waals surface area contributed by atoms with Gasteiger partial charge in [-0.15, -0.1) is 0 Å². The number of allylic oxidation sites excluding steroid dienone is 1. The van der Waals surface area contributed by atoms with Gasteiger partial charge in [-0.2, -0.15) is 0 Å². The molecule has 0 aliphatic heterocycles. The summed E-state index contributed by atoms with van der Waals surface area (Å²) >= 11 is 5.80. The monoisotopic (exact) mass is 188 g/mol. The minimum atomic E-state index is -0.868. The fraction of sp³-hybridized carbons (Fsp3) is 0.667. The van der Waals surface area contributed by atoms with Gasteiger partial charge in [0.05, 0.1) is 5.57 Å². The second-order valence-electron chi connectivity index (χ2n) is 4.03. The molecule has 0 unspecified atom stereocenters. The largest absolute Gasteiger partial charge is 0.478 e. The smallest absolute Gasteiger partial charge is 0.332 e. The van der Waals surface area contributed by atoms with Crippen molar-refractivity contribution in [2.45, 2.75) is 33.1 Å². The average molecular weight is 189 g/mol. The lowest BCUT2D eigenvalue weighted by molar-refractivity contribution is -0.133. The predicted molar refractivity (Wildman–Crippen MR) is 48.1 cm³/mol. The molecule has 0 saturated heterocycles. The second-order valence-corrected chi connectivity index (χ2v) is 4.49. The van der Waals surface area contributed by atoms with Gasteiger partial charge in [0.25, 0.3) is 0 Å². The Balaban J connectivity index is 2.89. The quantitative estimate of drug-likeness (QED) is 0.687. The number of carboxylic acid groups (broad SMARTS) is 1. The lowest BCUT2D eigenvalue weighted by atomic mass is 9.77. The van der Waals surface area contributed by atoms with Crippen LogP contribution in [0.15, 0.2) is 10.6 Å².